The second-order valence-corrected chi connectivity index (χ2v) is 5.55. The molecule has 0 saturated carbocycles. The van der Waals surface area contributed by atoms with Gasteiger partial charge in [0.2, 0.25) is 0 Å². The molecule has 0 atom stereocenters. The van der Waals surface area contributed by atoms with Crippen LogP contribution in [0.25, 0.3) is 0 Å². The maximum atomic E-state index is 6.15. The van der Waals surface area contributed by atoms with E-state index in [0.717, 1.165) is 11.1 Å². The average Bonchev–Trinajstić information content (AvgIpc) is 2.39. The molecule has 20 heavy (non-hydrogen) atoms. The fourth-order valence-corrected chi connectivity index (χ4v) is 2.87. The largest absolute Gasteiger partial charge is 0.380 e. The van der Waals surface area contributed by atoms with E-state index in [2.05, 4.69) is 5.32 Å². The van der Waals surface area contributed by atoms with Crippen molar-refractivity contribution in [2.24, 2.45) is 0 Å². The minimum absolute atomic E-state index is 0.506. The zero-order chi connectivity index (χ0) is 14.5. The van der Waals surface area contributed by atoms with Gasteiger partial charge in [0, 0.05) is 18.7 Å². The molecule has 0 aliphatic carbocycles. The monoisotopic (exact) mass is 329 g/mol. The van der Waals surface area contributed by atoms with E-state index in [9.17, 15) is 0 Å². The fourth-order valence-electron chi connectivity index (χ4n) is 1.92. The van der Waals surface area contributed by atoms with Crippen molar-refractivity contribution in [2.45, 2.75) is 13.2 Å². The highest BCUT2D eigenvalue weighted by atomic mass is 35.5. The average molecular weight is 331 g/mol. The number of halogens is 3. The molecule has 0 spiro atoms. The zero-order valence-corrected chi connectivity index (χ0v) is 13.2. The van der Waals surface area contributed by atoms with Gasteiger partial charge in [-0.3, -0.25) is 0 Å². The predicted octanol–water partition coefficient (Wildman–Crippen LogP) is 5.41. The van der Waals surface area contributed by atoms with Crippen molar-refractivity contribution in [3.05, 3.63) is 62.6 Å². The molecule has 0 amide bonds. The van der Waals surface area contributed by atoms with Crippen LogP contribution in [0, 0.1) is 0 Å². The quantitative estimate of drug-likeness (QED) is 0.792. The van der Waals surface area contributed by atoms with Gasteiger partial charge in [-0.05, 0) is 23.3 Å². The maximum Gasteiger partial charge on any atom is 0.0722 e. The van der Waals surface area contributed by atoms with Gasteiger partial charge in [0.15, 0.2) is 0 Å². The van der Waals surface area contributed by atoms with Crippen LogP contribution < -0.4 is 5.32 Å². The number of nitrogens with one attached hydrogen (secondary N) is 1. The minimum atomic E-state index is 0.506. The Morgan fingerprint density at radius 2 is 1.60 bits per heavy atom. The van der Waals surface area contributed by atoms with Crippen molar-refractivity contribution in [3.8, 4) is 0 Å². The van der Waals surface area contributed by atoms with Crippen LogP contribution in [0.15, 0.2) is 36.4 Å². The lowest BCUT2D eigenvalue weighted by atomic mass is 10.1. The lowest BCUT2D eigenvalue weighted by Crippen LogP contribution is -2.04. The van der Waals surface area contributed by atoms with Crippen molar-refractivity contribution in [2.75, 3.05) is 12.4 Å². The van der Waals surface area contributed by atoms with Gasteiger partial charge < -0.3 is 10.1 Å². The summed E-state index contributed by atoms with van der Waals surface area (Å²) in [7, 11) is 1.68. The van der Waals surface area contributed by atoms with Crippen LogP contribution in [-0.4, -0.2) is 7.11 Å². The van der Waals surface area contributed by atoms with Crippen molar-refractivity contribution >= 4 is 40.5 Å². The van der Waals surface area contributed by atoms with Crippen molar-refractivity contribution in [1.82, 2.24) is 0 Å². The SMILES string of the molecule is COCc1ccccc1CNc1c(Cl)cc(Cl)cc1Cl. The van der Waals surface area contributed by atoms with Gasteiger partial charge in [-0.25, -0.2) is 0 Å². The van der Waals surface area contributed by atoms with E-state index >= 15 is 0 Å². The van der Waals surface area contributed by atoms with Crippen molar-refractivity contribution < 1.29 is 4.74 Å². The molecule has 2 rings (SSSR count). The second-order valence-electron chi connectivity index (χ2n) is 4.30. The second kappa shape index (κ2) is 7.19. The molecule has 0 aliphatic rings. The summed E-state index contributed by atoms with van der Waals surface area (Å²) in [5.74, 6) is 0. The fraction of sp³-hybridized carbons (Fsp3) is 0.200. The van der Waals surface area contributed by atoms with Crippen LogP contribution in [0.2, 0.25) is 15.1 Å². The molecule has 0 fully saturated rings. The Kier molecular flexibility index (Phi) is 5.55. The lowest BCUT2D eigenvalue weighted by Gasteiger charge is -2.13. The summed E-state index contributed by atoms with van der Waals surface area (Å²) < 4.78 is 5.19. The third-order valence-corrected chi connectivity index (χ3v) is 3.70. The Morgan fingerprint density at radius 1 is 1.00 bits per heavy atom. The number of anilines is 1. The van der Waals surface area contributed by atoms with Gasteiger partial charge in [0.25, 0.3) is 0 Å². The van der Waals surface area contributed by atoms with E-state index in [-0.39, 0.29) is 0 Å². The van der Waals surface area contributed by atoms with E-state index in [1.54, 1.807) is 19.2 Å². The number of methoxy groups -OCH3 is 1. The normalized spacial score (nSPS) is 10.6. The Bertz CT molecular complexity index is 578. The van der Waals surface area contributed by atoms with Crippen LogP contribution in [0.1, 0.15) is 11.1 Å². The number of hydrogen-bond acceptors (Lipinski definition) is 2. The van der Waals surface area contributed by atoms with Crippen LogP contribution >= 0.6 is 34.8 Å². The molecule has 0 aliphatic heterocycles. The summed E-state index contributed by atoms with van der Waals surface area (Å²) in [5, 5.41) is 4.78. The van der Waals surface area contributed by atoms with Crippen LogP contribution in [0.5, 0.6) is 0 Å². The van der Waals surface area contributed by atoms with E-state index < -0.39 is 0 Å². The number of hydrogen-bond donors (Lipinski definition) is 1. The topological polar surface area (TPSA) is 21.3 Å². The first kappa shape index (κ1) is 15.5. The summed E-state index contributed by atoms with van der Waals surface area (Å²) in [4.78, 5) is 0. The van der Waals surface area contributed by atoms with Crippen LogP contribution in [0.4, 0.5) is 5.69 Å². The minimum Gasteiger partial charge on any atom is -0.380 e. The summed E-state index contributed by atoms with van der Waals surface area (Å²) in [6.07, 6.45) is 0. The maximum absolute atomic E-state index is 6.15. The molecular formula is C15H14Cl3NO. The third-order valence-electron chi connectivity index (χ3n) is 2.88. The molecule has 0 radical (unpaired) electrons. The highest BCUT2D eigenvalue weighted by Crippen LogP contribution is 2.34. The molecule has 2 aromatic rings. The Hall–Kier alpha value is -0.930. The van der Waals surface area contributed by atoms with Gasteiger partial charge in [0.1, 0.15) is 0 Å². The molecule has 0 saturated heterocycles. The summed E-state index contributed by atoms with van der Waals surface area (Å²) in [6.45, 7) is 1.18. The Labute approximate surface area is 133 Å². The van der Waals surface area contributed by atoms with Crippen LogP contribution in [0.3, 0.4) is 0 Å². The van der Waals surface area contributed by atoms with Gasteiger partial charge in [0.05, 0.1) is 22.3 Å². The van der Waals surface area contributed by atoms with Crippen molar-refractivity contribution in [3.63, 3.8) is 0 Å². The standard InChI is InChI=1S/C15H14Cl3NO/c1-20-9-11-5-3-2-4-10(11)8-19-15-13(17)6-12(16)7-14(15)18/h2-7,19H,8-9H2,1H3. The van der Waals surface area contributed by atoms with Gasteiger partial charge in [-0.2, -0.15) is 0 Å². The van der Waals surface area contributed by atoms with Gasteiger partial charge in [-0.15, -0.1) is 0 Å². The first-order chi connectivity index (χ1) is 9.61. The molecule has 106 valence electrons. The van der Waals surface area contributed by atoms with E-state index in [0.29, 0.717) is 33.9 Å². The highest BCUT2D eigenvalue weighted by molar-refractivity contribution is 6.41. The van der Waals surface area contributed by atoms with E-state index in [1.807, 2.05) is 24.3 Å². The Balaban J connectivity index is 2.17. The number of rotatable bonds is 5. The molecule has 0 unspecified atom stereocenters. The molecular weight excluding hydrogens is 317 g/mol. The smallest absolute Gasteiger partial charge is 0.0722 e. The van der Waals surface area contributed by atoms with Gasteiger partial charge >= 0.3 is 0 Å². The van der Waals surface area contributed by atoms with Gasteiger partial charge in [-0.1, -0.05) is 59.1 Å². The van der Waals surface area contributed by atoms with E-state index in [4.69, 9.17) is 39.5 Å². The summed E-state index contributed by atoms with van der Waals surface area (Å²) in [6, 6.07) is 11.4. The predicted molar refractivity (Wildman–Crippen MR) is 86.0 cm³/mol. The Morgan fingerprint density at radius 3 is 2.20 bits per heavy atom. The zero-order valence-electron chi connectivity index (χ0n) is 10.9. The highest BCUT2D eigenvalue weighted by Gasteiger charge is 2.08. The molecule has 1 N–H and O–H groups in total. The molecule has 2 nitrogen and oxygen atoms in total. The number of ether oxygens (including phenoxy) is 1. The van der Waals surface area contributed by atoms with E-state index in [1.165, 1.54) is 0 Å². The molecule has 5 heteroatoms. The number of benzene rings is 2. The summed E-state index contributed by atoms with van der Waals surface area (Å²) in [5.41, 5.74) is 2.95. The summed E-state index contributed by atoms with van der Waals surface area (Å²) >= 11 is 18.2. The lowest BCUT2D eigenvalue weighted by molar-refractivity contribution is 0.184. The molecule has 2 aromatic carbocycles. The molecule has 0 aromatic heterocycles. The molecule has 0 bridgehead atoms. The third kappa shape index (κ3) is 3.80. The van der Waals surface area contributed by atoms with Crippen molar-refractivity contribution in [1.29, 1.82) is 0 Å². The first-order valence-electron chi connectivity index (χ1n) is 6.06. The van der Waals surface area contributed by atoms with Crippen LogP contribution in [-0.2, 0) is 17.9 Å². The molecule has 0 heterocycles. The first-order valence-corrected chi connectivity index (χ1v) is 7.19.